The summed E-state index contributed by atoms with van der Waals surface area (Å²) in [4.78, 5) is 16.9. The standard InChI is InChI=1S/C8H4BrFN2O2/c9-7-5(10)6-3(1-12-7)4(2-11-6)8(13)14/h1-2,11H,(H,13,14). The molecule has 0 fully saturated rings. The molecule has 0 spiro atoms. The van der Waals surface area contributed by atoms with Crippen LogP contribution in [0.1, 0.15) is 10.4 Å². The molecule has 0 saturated carbocycles. The fourth-order valence-electron chi connectivity index (χ4n) is 1.21. The van der Waals surface area contributed by atoms with Crippen LogP contribution in [0.25, 0.3) is 10.9 Å². The average Bonchev–Trinajstić information content (AvgIpc) is 2.55. The molecule has 0 bridgehead atoms. The lowest BCUT2D eigenvalue weighted by Crippen LogP contribution is -1.94. The Hall–Kier alpha value is -1.43. The Morgan fingerprint density at radius 2 is 2.36 bits per heavy atom. The van der Waals surface area contributed by atoms with Gasteiger partial charge in [0.1, 0.15) is 4.60 Å². The van der Waals surface area contributed by atoms with Crippen LogP contribution >= 0.6 is 15.9 Å². The maximum Gasteiger partial charge on any atom is 0.337 e. The molecule has 4 nitrogen and oxygen atoms in total. The van der Waals surface area contributed by atoms with E-state index in [2.05, 4.69) is 25.9 Å². The van der Waals surface area contributed by atoms with Crippen molar-refractivity contribution in [3.8, 4) is 0 Å². The van der Waals surface area contributed by atoms with Gasteiger partial charge in [-0.05, 0) is 15.9 Å². The molecule has 0 saturated heterocycles. The Bertz CT molecular complexity index is 523. The van der Waals surface area contributed by atoms with E-state index in [9.17, 15) is 9.18 Å². The molecule has 2 aromatic heterocycles. The zero-order valence-electron chi connectivity index (χ0n) is 6.71. The molecular formula is C8H4BrFN2O2. The summed E-state index contributed by atoms with van der Waals surface area (Å²) in [5.41, 5.74) is 0.156. The number of nitrogens with zero attached hydrogens (tertiary/aromatic N) is 1. The minimum absolute atomic E-state index is 0.0129. The third-order valence-electron chi connectivity index (χ3n) is 1.86. The number of carboxylic acid groups (broad SMARTS) is 1. The van der Waals surface area contributed by atoms with Crippen molar-refractivity contribution in [2.24, 2.45) is 0 Å². The minimum atomic E-state index is -1.11. The number of hydrogen-bond acceptors (Lipinski definition) is 2. The van der Waals surface area contributed by atoms with Gasteiger partial charge >= 0.3 is 5.97 Å². The molecule has 0 aliphatic rings. The van der Waals surface area contributed by atoms with E-state index in [1.54, 1.807) is 0 Å². The molecule has 2 N–H and O–H groups in total. The molecule has 0 amide bonds. The maximum absolute atomic E-state index is 13.3. The summed E-state index contributed by atoms with van der Waals surface area (Å²) in [6.45, 7) is 0. The molecule has 0 unspecified atom stereocenters. The van der Waals surface area contributed by atoms with Crippen LogP contribution in [0.3, 0.4) is 0 Å². The van der Waals surface area contributed by atoms with Crippen LogP contribution in [0, 0.1) is 5.82 Å². The summed E-state index contributed by atoms with van der Waals surface area (Å²) in [7, 11) is 0. The Morgan fingerprint density at radius 1 is 1.64 bits per heavy atom. The van der Waals surface area contributed by atoms with E-state index in [4.69, 9.17) is 5.11 Å². The van der Waals surface area contributed by atoms with Crippen LogP contribution in [0.4, 0.5) is 4.39 Å². The van der Waals surface area contributed by atoms with Crippen LogP contribution in [0.15, 0.2) is 17.0 Å². The van der Waals surface area contributed by atoms with Gasteiger partial charge in [-0.2, -0.15) is 0 Å². The molecule has 2 heterocycles. The van der Waals surface area contributed by atoms with Crippen molar-refractivity contribution in [1.82, 2.24) is 9.97 Å². The molecule has 72 valence electrons. The predicted octanol–water partition coefficient (Wildman–Crippen LogP) is 2.16. The highest BCUT2D eigenvalue weighted by molar-refractivity contribution is 9.10. The number of fused-ring (bicyclic) bond motifs is 1. The highest BCUT2D eigenvalue weighted by Crippen LogP contribution is 2.24. The van der Waals surface area contributed by atoms with E-state index < -0.39 is 11.8 Å². The van der Waals surface area contributed by atoms with Crippen molar-refractivity contribution in [1.29, 1.82) is 0 Å². The van der Waals surface area contributed by atoms with Crippen molar-refractivity contribution in [2.75, 3.05) is 0 Å². The molecular weight excluding hydrogens is 255 g/mol. The first kappa shape index (κ1) is 9.14. The topological polar surface area (TPSA) is 66.0 Å². The predicted molar refractivity (Wildman–Crippen MR) is 50.7 cm³/mol. The van der Waals surface area contributed by atoms with E-state index in [-0.39, 0.29) is 21.1 Å². The van der Waals surface area contributed by atoms with Crippen LogP contribution in [-0.4, -0.2) is 21.0 Å². The molecule has 0 atom stereocenters. The lowest BCUT2D eigenvalue weighted by molar-refractivity contribution is 0.0699. The summed E-state index contributed by atoms with van der Waals surface area (Å²) < 4.78 is 13.4. The Morgan fingerprint density at radius 3 is 3.00 bits per heavy atom. The number of aromatic carboxylic acids is 1. The fourth-order valence-corrected chi connectivity index (χ4v) is 1.51. The Labute approximate surface area is 85.9 Å². The summed E-state index contributed by atoms with van der Waals surface area (Å²) in [5, 5.41) is 9.01. The normalized spacial score (nSPS) is 10.7. The maximum atomic E-state index is 13.3. The molecule has 14 heavy (non-hydrogen) atoms. The second kappa shape index (κ2) is 3.06. The van der Waals surface area contributed by atoms with Gasteiger partial charge in [-0.1, -0.05) is 0 Å². The minimum Gasteiger partial charge on any atom is -0.478 e. The summed E-state index contributed by atoms with van der Waals surface area (Å²) in [5.74, 6) is -1.70. The lowest BCUT2D eigenvalue weighted by Gasteiger charge is -1.95. The lowest BCUT2D eigenvalue weighted by atomic mass is 10.2. The van der Waals surface area contributed by atoms with Gasteiger partial charge in [-0.15, -0.1) is 0 Å². The molecule has 0 aliphatic heterocycles. The van der Waals surface area contributed by atoms with Gasteiger partial charge in [-0.25, -0.2) is 14.2 Å². The number of aromatic nitrogens is 2. The first-order valence-corrected chi connectivity index (χ1v) is 4.45. The third kappa shape index (κ3) is 1.19. The zero-order valence-corrected chi connectivity index (χ0v) is 8.30. The molecule has 6 heteroatoms. The van der Waals surface area contributed by atoms with E-state index in [1.807, 2.05) is 0 Å². The molecule has 0 aliphatic carbocycles. The number of nitrogens with one attached hydrogen (secondary N) is 1. The zero-order chi connectivity index (χ0) is 10.3. The van der Waals surface area contributed by atoms with Crippen LogP contribution in [0.2, 0.25) is 0 Å². The SMILES string of the molecule is O=C(O)c1c[nH]c2c(F)c(Br)ncc12. The van der Waals surface area contributed by atoms with E-state index in [0.717, 1.165) is 0 Å². The molecule has 0 aromatic carbocycles. The monoisotopic (exact) mass is 258 g/mol. The van der Waals surface area contributed by atoms with Gasteiger partial charge in [0, 0.05) is 17.8 Å². The van der Waals surface area contributed by atoms with Gasteiger partial charge in [0.25, 0.3) is 0 Å². The first-order valence-electron chi connectivity index (χ1n) is 3.65. The summed E-state index contributed by atoms with van der Waals surface area (Å²) in [6, 6.07) is 0. The highest BCUT2D eigenvalue weighted by Gasteiger charge is 2.15. The Kier molecular flexibility index (Phi) is 1.99. The van der Waals surface area contributed by atoms with Crippen molar-refractivity contribution < 1.29 is 14.3 Å². The first-order chi connectivity index (χ1) is 6.61. The van der Waals surface area contributed by atoms with Crippen LogP contribution in [-0.2, 0) is 0 Å². The number of rotatable bonds is 1. The van der Waals surface area contributed by atoms with E-state index in [0.29, 0.717) is 0 Å². The molecule has 2 rings (SSSR count). The number of carboxylic acids is 1. The summed E-state index contributed by atoms with van der Waals surface area (Å²) >= 11 is 2.91. The number of hydrogen-bond donors (Lipinski definition) is 2. The van der Waals surface area contributed by atoms with Crippen molar-refractivity contribution in [3.05, 3.63) is 28.4 Å². The number of pyridine rings is 1. The van der Waals surface area contributed by atoms with Crippen molar-refractivity contribution in [3.63, 3.8) is 0 Å². The second-order valence-corrected chi connectivity index (χ2v) is 3.41. The van der Waals surface area contributed by atoms with Crippen molar-refractivity contribution in [2.45, 2.75) is 0 Å². The summed E-state index contributed by atoms with van der Waals surface area (Å²) in [6.07, 6.45) is 2.55. The van der Waals surface area contributed by atoms with E-state index >= 15 is 0 Å². The van der Waals surface area contributed by atoms with Gasteiger partial charge in [0.05, 0.1) is 11.1 Å². The number of halogens is 2. The Balaban J connectivity index is 2.83. The number of aromatic amines is 1. The van der Waals surface area contributed by atoms with Gasteiger partial charge < -0.3 is 10.1 Å². The van der Waals surface area contributed by atoms with E-state index in [1.165, 1.54) is 12.4 Å². The molecule has 2 aromatic rings. The molecule has 0 radical (unpaired) electrons. The van der Waals surface area contributed by atoms with Gasteiger partial charge in [-0.3, -0.25) is 0 Å². The quantitative estimate of drug-likeness (QED) is 0.771. The highest BCUT2D eigenvalue weighted by atomic mass is 79.9. The largest absolute Gasteiger partial charge is 0.478 e. The van der Waals surface area contributed by atoms with Gasteiger partial charge in [0.15, 0.2) is 5.82 Å². The van der Waals surface area contributed by atoms with Gasteiger partial charge in [0.2, 0.25) is 0 Å². The van der Waals surface area contributed by atoms with Crippen molar-refractivity contribution >= 4 is 32.8 Å². The van der Waals surface area contributed by atoms with Crippen LogP contribution < -0.4 is 0 Å². The third-order valence-corrected chi connectivity index (χ3v) is 2.41. The average molecular weight is 259 g/mol. The second-order valence-electron chi connectivity index (χ2n) is 2.66. The fraction of sp³-hybridized carbons (Fsp3) is 0. The number of H-pyrrole nitrogens is 1. The number of carbonyl (C=O) groups is 1. The van der Waals surface area contributed by atoms with Crippen LogP contribution in [0.5, 0.6) is 0 Å². The smallest absolute Gasteiger partial charge is 0.337 e.